The van der Waals surface area contributed by atoms with E-state index in [1.54, 1.807) is 6.07 Å². The van der Waals surface area contributed by atoms with Gasteiger partial charge in [-0.1, -0.05) is 46.4 Å². The number of nitrogens with zero attached hydrogens (tertiary/aromatic N) is 1. The van der Waals surface area contributed by atoms with Crippen LogP contribution in [0.1, 0.15) is 10.4 Å². The van der Waals surface area contributed by atoms with E-state index in [-0.39, 0.29) is 15.6 Å². The summed E-state index contributed by atoms with van der Waals surface area (Å²) < 4.78 is 4.71. The van der Waals surface area contributed by atoms with Gasteiger partial charge in [-0.05, 0) is 18.2 Å². The Hall–Kier alpha value is -1.000. The van der Waals surface area contributed by atoms with Crippen molar-refractivity contribution in [1.29, 1.82) is 0 Å². The molecule has 0 aliphatic rings. The molecule has 0 saturated carbocycles. The lowest BCUT2D eigenvalue weighted by Gasteiger charge is -2.10. The lowest BCUT2D eigenvalue weighted by molar-refractivity contribution is 0.0601. The van der Waals surface area contributed by atoms with Gasteiger partial charge in [0.05, 0.1) is 33.4 Å². The number of aromatic nitrogens is 1. The fourth-order valence-corrected chi connectivity index (χ4v) is 2.50. The van der Waals surface area contributed by atoms with Crippen molar-refractivity contribution in [2.45, 2.75) is 0 Å². The Morgan fingerprint density at radius 1 is 1.10 bits per heavy atom. The Morgan fingerprint density at radius 2 is 1.80 bits per heavy atom. The molecule has 1 heterocycles. The normalized spacial score (nSPS) is 10.4. The van der Waals surface area contributed by atoms with Crippen LogP contribution in [0.25, 0.3) is 11.3 Å². The highest BCUT2D eigenvalue weighted by Crippen LogP contribution is 2.37. The van der Waals surface area contributed by atoms with Crippen LogP contribution in [0.15, 0.2) is 24.4 Å². The number of hydrogen-bond donors (Lipinski definition) is 0. The summed E-state index contributed by atoms with van der Waals surface area (Å²) in [5.41, 5.74) is 0.914. The summed E-state index contributed by atoms with van der Waals surface area (Å²) in [5, 5.41) is 1.19. The van der Waals surface area contributed by atoms with Crippen molar-refractivity contribution in [1.82, 2.24) is 4.98 Å². The molecule has 0 bridgehead atoms. The van der Waals surface area contributed by atoms with Gasteiger partial charge in [0.15, 0.2) is 0 Å². The topological polar surface area (TPSA) is 39.2 Å². The first kappa shape index (κ1) is 15.4. The minimum atomic E-state index is -0.581. The number of hydrogen-bond acceptors (Lipinski definition) is 3. The molecule has 0 aliphatic heterocycles. The summed E-state index contributed by atoms with van der Waals surface area (Å²) in [6.45, 7) is 0. The van der Waals surface area contributed by atoms with Crippen LogP contribution in [-0.2, 0) is 4.74 Å². The lowest BCUT2D eigenvalue weighted by Crippen LogP contribution is -2.05. The quantitative estimate of drug-likeness (QED) is 0.555. The molecular weight excluding hydrogens is 344 g/mol. The fraction of sp³-hybridized carbons (Fsp3) is 0.0769. The van der Waals surface area contributed by atoms with Crippen molar-refractivity contribution in [3.8, 4) is 11.3 Å². The second-order valence-corrected chi connectivity index (χ2v) is 5.45. The second kappa shape index (κ2) is 6.19. The van der Waals surface area contributed by atoms with Crippen molar-refractivity contribution < 1.29 is 9.53 Å². The summed E-state index contributed by atoms with van der Waals surface area (Å²) in [6.07, 6.45) is 1.40. The average Bonchev–Trinajstić information content (AvgIpc) is 2.42. The first-order valence-electron chi connectivity index (χ1n) is 5.32. The third kappa shape index (κ3) is 3.01. The zero-order chi connectivity index (χ0) is 14.9. The summed E-state index contributed by atoms with van der Waals surface area (Å²) in [5.74, 6) is -0.581. The molecule has 0 fully saturated rings. The molecular formula is C13H7Cl4NO2. The van der Waals surface area contributed by atoms with E-state index in [9.17, 15) is 4.79 Å². The zero-order valence-electron chi connectivity index (χ0n) is 10.1. The minimum absolute atomic E-state index is 0.181. The van der Waals surface area contributed by atoms with Crippen molar-refractivity contribution in [3.63, 3.8) is 0 Å². The number of ether oxygens (including phenoxy) is 1. The third-order valence-electron chi connectivity index (χ3n) is 2.51. The van der Waals surface area contributed by atoms with Crippen LogP contribution in [0, 0.1) is 0 Å². The van der Waals surface area contributed by atoms with Crippen LogP contribution in [0.5, 0.6) is 0 Å². The molecule has 1 aromatic heterocycles. The van der Waals surface area contributed by atoms with Crippen molar-refractivity contribution in [3.05, 3.63) is 50.0 Å². The third-order valence-corrected chi connectivity index (χ3v) is 3.73. The fourth-order valence-electron chi connectivity index (χ4n) is 1.65. The highest BCUT2D eigenvalue weighted by atomic mass is 35.5. The molecule has 104 valence electrons. The smallest absolute Gasteiger partial charge is 0.340 e. The minimum Gasteiger partial charge on any atom is -0.465 e. The Bertz CT molecular complexity index is 688. The molecule has 0 unspecified atom stereocenters. The number of pyridine rings is 1. The van der Waals surface area contributed by atoms with Gasteiger partial charge in [0, 0.05) is 16.8 Å². The number of esters is 1. The van der Waals surface area contributed by atoms with E-state index >= 15 is 0 Å². The number of carbonyl (C=O) groups excluding carboxylic acids is 1. The van der Waals surface area contributed by atoms with E-state index in [2.05, 4.69) is 4.98 Å². The van der Waals surface area contributed by atoms with Crippen LogP contribution in [-0.4, -0.2) is 18.1 Å². The largest absolute Gasteiger partial charge is 0.465 e. The average molecular weight is 351 g/mol. The Labute approximate surface area is 135 Å². The molecule has 0 saturated heterocycles. The number of methoxy groups -OCH3 is 1. The van der Waals surface area contributed by atoms with Gasteiger partial charge in [0.2, 0.25) is 0 Å². The van der Waals surface area contributed by atoms with E-state index in [1.807, 2.05) is 0 Å². The maximum Gasteiger partial charge on any atom is 0.340 e. The molecule has 0 aliphatic carbocycles. The van der Waals surface area contributed by atoms with Crippen LogP contribution in [0.3, 0.4) is 0 Å². The molecule has 0 amide bonds. The van der Waals surface area contributed by atoms with Crippen LogP contribution in [0.4, 0.5) is 0 Å². The molecule has 3 nitrogen and oxygen atoms in total. The van der Waals surface area contributed by atoms with Crippen molar-refractivity contribution in [2.75, 3.05) is 7.11 Å². The summed E-state index contributed by atoms with van der Waals surface area (Å²) in [7, 11) is 1.26. The molecule has 7 heteroatoms. The number of carbonyl (C=O) groups is 1. The van der Waals surface area contributed by atoms with Gasteiger partial charge in [-0.25, -0.2) is 4.79 Å². The zero-order valence-corrected chi connectivity index (χ0v) is 13.1. The summed E-state index contributed by atoms with van der Waals surface area (Å²) >= 11 is 23.9. The van der Waals surface area contributed by atoms with E-state index in [1.165, 1.54) is 25.4 Å². The van der Waals surface area contributed by atoms with Gasteiger partial charge in [-0.2, -0.15) is 0 Å². The molecule has 0 N–H and O–H groups in total. The Balaban J connectivity index is 2.73. The van der Waals surface area contributed by atoms with Gasteiger partial charge in [-0.15, -0.1) is 0 Å². The number of benzene rings is 1. The monoisotopic (exact) mass is 349 g/mol. The summed E-state index contributed by atoms with van der Waals surface area (Å²) in [6, 6.07) is 4.52. The number of rotatable bonds is 2. The Morgan fingerprint density at radius 3 is 2.45 bits per heavy atom. The van der Waals surface area contributed by atoms with E-state index in [4.69, 9.17) is 51.1 Å². The van der Waals surface area contributed by atoms with E-state index in [0.29, 0.717) is 21.3 Å². The first-order chi connectivity index (χ1) is 9.43. The molecule has 2 aromatic rings. The molecule has 1 aromatic carbocycles. The standard InChI is InChI=1S/C13H7Cl4NO2/c1-20-13(19)9-3-7(15)5-18-12(9)8-2-6(14)4-10(16)11(8)17/h2-5H,1H3. The van der Waals surface area contributed by atoms with Crippen molar-refractivity contribution in [2.24, 2.45) is 0 Å². The second-order valence-electron chi connectivity index (χ2n) is 3.79. The SMILES string of the molecule is COC(=O)c1cc(Cl)cnc1-c1cc(Cl)cc(Cl)c1Cl. The summed E-state index contributed by atoms with van der Waals surface area (Å²) in [4.78, 5) is 15.9. The predicted octanol–water partition coefficient (Wildman–Crippen LogP) is 5.15. The van der Waals surface area contributed by atoms with Crippen LogP contribution in [0.2, 0.25) is 20.1 Å². The van der Waals surface area contributed by atoms with Gasteiger partial charge in [-0.3, -0.25) is 4.98 Å². The molecule has 0 atom stereocenters. The first-order valence-corrected chi connectivity index (χ1v) is 6.84. The number of halogens is 4. The maximum absolute atomic E-state index is 11.8. The molecule has 2 rings (SSSR count). The molecule has 0 spiro atoms. The predicted molar refractivity (Wildman–Crippen MR) is 81.1 cm³/mol. The lowest BCUT2D eigenvalue weighted by atomic mass is 10.1. The maximum atomic E-state index is 11.8. The van der Waals surface area contributed by atoms with Crippen LogP contribution >= 0.6 is 46.4 Å². The molecule has 20 heavy (non-hydrogen) atoms. The van der Waals surface area contributed by atoms with Crippen molar-refractivity contribution >= 4 is 52.4 Å². The highest BCUT2D eigenvalue weighted by molar-refractivity contribution is 6.45. The van der Waals surface area contributed by atoms with Gasteiger partial charge < -0.3 is 4.74 Å². The molecule has 0 radical (unpaired) electrons. The van der Waals surface area contributed by atoms with Gasteiger partial charge in [0.1, 0.15) is 0 Å². The highest BCUT2D eigenvalue weighted by Gasteiger charge is 2.19. The van der Waals surface area contributed by atoms with E-state index in [0.717, 1.165) is 0 Å². The van der Waals surface area contributed by atoms with E-state index < -0.39 is 5.97 Å². The van der Waals surface area contributed by atoms with Gasteiger partial charge in [0.25, 0.3) is 0 Å². The Kier molecular flexibility index (Phi) is 4.76. The van der Waals surface area contributed by atoms with Crippen LogP contribution < -0.4 is 0 Å². The van der Waals surface area contributed by atoms with Gasteiger partial charge >= 0.3 is 5.97 Å².